The summed E-state index contributed by atoms with van der Waals surface area (Å²) in [7, 11) is 0. The molecular formula is C14H17FN2OS. The van der Waals surface area contributed by atoms with E-state index in [9.17, 15) is 4.39 Å². The lowest BCUT2D eigenvalue weighted by molar-refractivity contribution is 0.572. The van der Waals surface area contributed by atoms with Gasteiger partial charge in [-0.25, -0.2) is 9.37 Å². The number of nitrogens with zero attached hydrogens (tertiary/aromatic N) is 1. The number of nitrogens with two attached hydrogens (primary N) is 1. The van der Waals surface area contributed by atoms with Crippen molar-refractivity contribution in [3.8, 4) is 11.5 Å². The van der Waals surface area contributed by atoms with Gasteiger partial charge in [-0.3, -0.25) is 0 Å². The number of benzene rings is 1. The molecule has 0 fully saturated rings. The van der Waals surface area contributed by atoms with E-state index in [2.05, 4.69) is 11.9 Å². The van der Waals surface area contributed by atoms with Crippen molar-refractivity contribution in [1.82, 2.24) is 4.98 Å². The molecule has 2 N–H and O–H groups in total. The maximum Gasteiger partial charge on any atom is 0.226 e. The highest BCUT2D eigenvalue weighted by atomic mass is 32.2. The molecule has 0 aliphatic carbocycles. The first-order valence-corrected chi connectivity index (χ1v) is 7.32. The molecule has 102 valence electrons. The first-order valence-electron chi connectivity index (χ1n) is 6.17. The average molecular weight is 280 g/mol. The van der Waals surface area contributed by atoms with Crippen molar-refractivity contribution in [3.05, 3.63) is 42.0 Å². The molecule has 1 heterocycles. The molecule has 0 saturated carbocycles. The van der Waals surface area contributed by atoms with Crippen molar-refractivity contribution in [2.24, 2.45) is 11.7 Å². The minimum absolute atomic E-state index is 0.262. The third kappa shape index (κ3) is 4.08. The van der Waals surface area contributed by atoms with Crippen LogP contribution in [0.1, 0.15) is 12.6 Å². The Kier molecular flexibility index (Phi) is 4.99. The summed E-state index contributed by atoms with van der Waals surface area (Å²) in [5, 5.41) is 0. The summed E-state index contributed by atoms with van der Waals surface area (Å²) in [6.45, 7) is 2.83. The van der Waals surface area contributed by atoms with E-state index in [-0.39, 0.29) is 5.82 Å². The molecular weight excluding hydrogens is 263 g/mol. The summed E-state index contributed by atoms with van der Waals surface area (Å²) in [5.41, 5.74) is 7.25. The van der Waals surface area contributed by atoms with Gasteiger partial charge < -0.3 is 10.2 Å². The topological polar surface area (TPSA) is 52.0 Å². The number of oxazole rings is 1. The van der Waals surface area contributed by atoms with E-state index in [0.717, 1.165) is 22.8 Å². The number of thioether (sulfide) groups is 1. The first kappa shape index (κ1) is 14.1. The second-order valence-electron chi connectivity index (χ2n) is 4.51. The van der Waals surface area contributed by atoms with Crippen LogP contribution < -0.4 is 5.73 Å². The van der Waals surface area contributed by atoms with Gasteiger partial charge in [0.25, 0.3) is 0 Å². The third-order valence-corrected chi connectivity index (χ3v) is 4.00. The van der Waals surface area contributed by atoms with Crippen molar-refractivity contribution < 1.29 is 8.81 Å². The fraction of sp³-hybridized carbons (Fsp3) is 0.357. The van der Waals surface area contributed by atoms with Crippen molar-refractivity contribution in [1.29, 1.82) is 0 Å². The zero-order valence-electron chi connectivity index (χ0n) is 10.8. The van der Waals surface area contributed by atoms with Gasteiger partial charge in [-0.1, -0.05) is 6.92 Å². The molecule has 5 heteroatoms. The smallest absolute Gasteiger partial charge is 0.226 e. The standard InChI is InChI=1S/C14H17FN2OS/c1-10(6-16)8-19-9-13-7-18-14(17-13)11-2-4-12(15)5-3-11/h2-5,7,10H,6,8-9,16H2,1H3. The van der Waals surface area contributed by atoms with Crippen molar-refractivity contribution >= 4 is 11.8 Å². The van der Waals surface area contributed by atoms with E-state index in [4.69, 9.17) is 10.2 Å². The predicted molar refractivity (Wildman–Crippen MR) is 76.3 cm³/mol. The lowest BCUT2D eigenvalue weighted by Crippen LogP contribution is -2.12. The largest absolute Gasteiger partial charge is 0.444 e. The summed E-state index contributed by atoms with van der Waals surface area (Å²) in [4.78, 5) is 4.39. The molecule has 19 heavy (non-hydrogen) atoms. The summed E-state index contributed by atoms with van der Waals surface area (Å²) < 4.78 is 18.2. The van der Waals surface area contributed by atoms with Gasteiger partial charge in [0.1, 0.15) is 12.1 Å². The Labute approximate surface area is 116 Å². The van der Waals surface area contributed by atoms with Gasteiger partial charge in [-0.05, 0) is 42.5 Å². The average Bonchev–Trinajstić information content (AvgIpc) is 2.88. The van der Waals surface area contributed by atoms with Gasteiger partial charge in [0.15, 0.2) is 0 Å². The Hall–Kier alpha value is -1.33. The molecule has 1 aromatic heterocycles. The minimum atomic E-state index is -0.262. The molecule has 0 aliphatic rings. The van der Waals surface area contributed by atoms with E-state index in [0.29, 0.717) is 18.4 Å². The number of aromatic nitrogens is 1. The van der Waals surface area contributed by atoms with Crippen LogP contribution in [-0.4, -0.2) is 17.3 Å². The van der Waals surface area contributed by atoms with E-state index in [1.165, 1.54) is 12.1 Å². The van der Waals surface area contributed by atoms with Crippen LogP contribution in [0.5, 0.6) is 0 Å². The predicted octanol–water partition coefficient (Wildman–Crippen LogP) is 3.31. The number of hydrogen-bond acceptors (Lipinski definition) is 4. The monoisotopic (exact) mass is 280 g/mol. The molecule has 1 aromatic carbocycles. The molecule has 0 saturated heterocycles. The minimum Gasteiger partial charge on any atom is -0.444 e. The van der Waals surface area contributed by atoms with Gasteiger partial charge >= 0.3 is 0 Å². The number of rotatable bonds is 6. The van der Waals surface area contributed by atoms with Gasteiger partial charge in [-0.2, -0.15) is 11.8 Å². The molecule has 1 unspecified atom stereocenters. The lowest BCUT2D eigenvalue weighted by Gasteiger charge is -2.05. The Morgan fingerprint density at radius 1 is 1.37 bits per heavy atom. The molecule has 0 aliphatic heterocycles. The van der Waals surface area contributed by atoms with Crippen molar-refractivity contribution in [2.45, 2.75) is 12.7 Å². The van der Waals surface area contributed by atoms with Gasteiger partial charge in [0.05, 0.1) is 5.69 Å². The van der Waals surface area contributed by atoms with Crippen LogP contribution in [0.2, 0.25) is 0 Å². The Bertz CT molecular complexity index is 512. The molecule has 1 atom stereocenters. The molecule has 3 nitrogen and oxygen atoms in total. The Balaban J connectivity index is 1.93. The summed E-state index contributed by atoms with van der Waals surface area (Å²) >= 11 is 1.79. The molecule has 0 radical (unpaired) electrons. The molecule has 0 spiro atoms. The maximum absolute atomic E-state index is 12.8. The van der Waals surface area contributed by atoms with Gasteiger partial charge in [-0.15, -0.1) is 0 Å². The second kappa shape index (κ2) is 6.73. The Morgan fingerprint density at radius 3 is 2.79 bits per heavy atom. The van der Waals surface area contributed by atoms with Crippen LogP contribution in [0.15, 0.2) is 34.9 Å². The number of halogens is 1. The van der Waals surface area contributed by atoms with Crippen LogP contribution >= 0.6 is 11.8 Å². The van der Waals surface area contributed by atoms with E-state index in [1.54, 1.807) is 30.2 Å². The normalized spacial score (nSPS) is 12.6. The second-order valence-corrected chi connectivity index (χ2v) is 5.54. The van der Waals surface area contributed by atoms with Crippen LogP contribution in [0, 0.1) is 11.7 Å². The SMILES string of the molecule is CC(CN)CSCc1coc(-c2ccc(F)cc2)n1. The fourth-order valence-electron chi connectivity index (χ4n) is 1.53. The quantitative estimate of drug-likeness (QED) is 0.882. The highest BCUT2D eigenvalue weighted by Gasteiger charge is 2.07. The fourth-order valence-corrected chi connectivity index (χ4v) is 2.53. The molecule has 2 rings (SSSR count). The molecule has 0 amide bonds. The summed E-state index contributed by atoms with van der Waals surface area (Å²) in [6, 6.07) is 6.12. The van der Waals surface area contributed by atoms with Gasteiger partial charge in [0, 0.05) is 11.3 Å². The van der Waals surface area contributed by atoms with Crippen LogP contribution in [-0.2, 0) is 5.75 Å². The molecule has 2 aromatic rings. The summed E-state index contributed by atoms with van der Waals surface area (Å²) in [5.74, 6) is 2.59. The van der Waals surface area contributed by atoms with Crippen LogP contribution in [0.3, 0.4) is 0 Å². The van der Waals surface area contributed by atoms with E-state index < -0.39 is 0 Å². The number of hydrogen-bond donors (Lipinski definition) is 1. The maximum atomic E-state index is 12.8. The summed E-state index contributed by atoms with van der Waals surface area (Å²) in [6.07, 6.45) is 1.65. The molecule has 0 bridgehead atoms. The van der Waals surface area contributed by atoms with E-state index in [1.807, 2.05) is 0 Å². The highest BCUT2D eigenvalue weighted by Crippen LogP contribution is 2.21. The Morgan fingerprint density at radius 2 is 2.11 bits per heavy atom. The first-order chi connectivity index (χ1) is 9.19. The zero-order chi connectivity index (χ0) is 13.7. The van der Waals surface area contributed by atoms with E-state index >= 15 is 0 Å². The van der Waals surface area contributed by atoms with Crippen molar-refractivity contribution in [2.75, 3.05) is 12.3 Å². The van der Waals surface area contributed by atoms with Crippen LogP contribution in [0.4, 0.5) is 4.39 Å². The third-order valence-electron chi connectivity index (χ3n) is 2.70. The van der Waals surface area contributed by atoms with Gasteiger partial charge in [0.2, 0.25) is 5.89 Å². The lowest BCUT2D eigenvalue weighted by atomic mass is 10.2. The van der Waals surface area contributed by atoms with Crippen LogP contribution in [0.25, 0.3) is 11.5 Å². The highest BCUT2D eigenvalue weighted by molar-refractivity contribution is 7.98. The van der Waals surface area contributed by atoms with Crippen molar-refractivity contribution in [3.63, 3.8) is 0 Å². The zero-order valence-corrected chi connectivity index (χ0v) is 11.6.